The van der Waals surface area contributed by atoms with E-state index < -0.39 is 5.97 Å². The molecule has 6 heteroatoms. The molecule has 1 aromatic rings. The Labute approximate surface area is 121 Å². The molecule has 1 heterocycles. The van der Waals surface area contributed by atoms with Crippen molar-refractivity contribution in [2.24, 2.45) is 0 Å². The minimum Gasteiger partial charge on any atom is -0.466 e. The Balaban J connectivity index is 2.07. The van der Waals surface area contributed by atoms with Crippen LogP contribution in [0.25, 0.3) is 0 Å². The number of Topliss-reactive ketones (excluding diaryl/α,β-unsaturated/α-hetero) is 1. The van der Waals surface area contributed by atoms with E-state index >= 15 is 0 Å². The largest absolute Gasteiger partial charge is 0.466 e. The highest BCUT2D eigenvalue weighted by atomic mass is 35.5. The summed E-state index contributed by atoms with van der Waals surface area (Å²) in [6.07, 6.45) is -0.0767. The van der Waals surface area contributed by atoms with E-state index in [9.17, 15) is 14.4 Å². The molecule has 0 bridgehead atoms. The van der Waals surface area contributed by atoms with Crippen LogP contribution in [0.15, 0.2) is 18.2 Å². The highest BCUT2D eigenvalue weighted by Gasteiger charge is 2.29. The van der Waals surface area contributed by atoms with Crippen molar-refractivity contribution in [1.29, 1.82) is 0 Å². The number of anilines is 1. The van der Waals surface area contributed by atoms with Crippen molar-refractivity contribution in [1.82, 2.24) is 0 Å². The van der Waals surface area contributed by atoms with Crippen molar-refractivity contribution in [2.45, 2.75) is 19.8 Å². The monoisotopic (exact) mass is 295 g/mol. The van der Waals surface area contributed by atoms with Crippen LogP contribution < -0.4 is 4.90 Å². The fraction of sp³-hybridized carbons (Fsp3) is 0.357. The van der Waals surface area contributed by atoms with Crippen molar-refractivity contribution in [3.63, 3.8) is 0 Å². The second-order valence-corrected chi connectivity index (χ2v) is 4.89. The van der Waals surface area contributed by atoms with E-state index in [1.165, 1.54) is 4.90 Å². The van der Waals surface area contributed by atoms with Crippen LogP contribution in [0, 0.1) is 0 Å². The number of ether oxygens (including phenoxy) is 1. The van der Waals surface area contributed by atoms with E-state index in [2.05, 4.69) is 0 Å². The minimum absolute atomic E-state index is 0.134. The van der Waals surface area contributed by atoms with Crippen molar-refractivity contribution >= 4 is 34.9 Å². The average molecular weight is 296 g/mol. The van der Waals surface area contributed by atoms with Crippen molar-refractivity contribution in [2.75, 3.05) is 18.1 Å². The molecule has 0 fully saturated rings. The van der Waals surface area contributed by atoms with Gasteiger partial charge in [0.25, 0.3) is 0 Å². The first-order chi connectivity index (χ1) is 9.51. The predicted molar refractivity (Wildman–Crippen MR) is 73.8 cm³/mol. The molecule has 106 valence electrons. The number of carbonyl (C=O) groups is 3. The Kier molecular flexibility index (Phi) is 4.39. The van der Waals surface area contributed by atoms with Gasteiger partial charge in [-0.1, -0.05) is 17.7 Å². The zero-order valence-corrected chi connectivity index (χ0v) is 11.8. The number of fused-ring (bicyclic) bond motifs is 1. The maximum atomic E-state index is 11.9. The highest BCUT2D eigenvalue weighted by molar-refractivity contribution is 6.31. The summed E-state index contributed by atoms with van der Waals surface area (Å²) in [5.41, 5.74) is 1.48. The third-order valence-electron chi connectivity index (χ3n) is 2.96. The van der Waals surface area contributed by atoms with Gasteiger partial charge in [-0.05, 0) is 24.6 Å². The van der Waals surface area contributed by atoms with E-state index in [1.807, 2.05) is 0 Å². The van der Waals surface area contributed by atoms with Crippen LogP contribution >= 0.6 is 11.6 Å². The Morgan fingerprint density at radius 2 is 2.15 bits per heavy atom. The quantitative estimate of drug-likeness (QED) is 0.613. The number of esters is 1. The second-order valence-electron chi connectivity index (χ2n) is 4.45. The normalized spacial score (nSPS) is 13.3. The van der Waals surface area contributed by atoms with Gasteiger partial charge in [0.2, 0.25) is 5.91 Å². The molecule has 2 rings (SSSR count). The van der Waals surface area contributed by atoms with Gasteiger partial charge in [-0.25, -0.2) is 0 Å². The molecule has 0 spiro atoms. The maximum Gasteiger partial charge on any atom is 0.313 e. The van der Waals surface area contributed by atoms with Crippen LogP contribution in [0.5, 0.6) is 0 Å². The van der Waals surface area contributed by atoms with Crippen molar-refractivity contribution in [3.8, 4) is 0 Å². The third kappa shape index (κ3) is 3.17. The topological polar surface area (TPSA) is 63.7 Å². The molecular weight excluding hydrogens is 282 g/mol. The van der Waals surface area contributed by atoms with Gasteiger partial charge in [-0.3, -0.25) is 14.4 Å². The molecule has 0 atom stereocenters. The number of nitrogens with zero attached hydrogens (tertiary/aromatic N) is 1. The molecule has 5 nitrogen and oxygen atoms in total. The van der Waals surface area contributed by atoms with E-state index in [-0.39, 0.29) is 37.7 Å². The number of carbonyl (C=O) groups excluding carboxylic acids is 3. The first-order valence-corrected chi connectivity index (χ1v) is 6.65. The van der Waals surface area contributed by atoms with Crippen LogP contribution in [-0.4, -0.2) is 30.8 Å². The summed E-state index contributed by atoms with van der Waals surface area (Å²) in [6.45, 7) is 1.77. The van der Waals surface area contributed by atoms with E-state index in [1.54, 1.807) is 25.1 Å². The van der Waals surface area contributed by atoms with Crippen LogP contribution in [0.3, 0.4) is 0 Å². The van der Waals surface area contributed by atoms with Crippen molar-refractivity contribution in [3.05, 3.63) is 28.8 Å². The van der Waals surface area contributed by atoms with Gasteiger partial charge >= 0.3 is 5.97 Å². The summed E-state index contributed by atoms with van der Waals surface area (Å²) in [5, 5.41) is 0.501. The SMILES string of the molecule is CCOC(=O)CC(=O)CN1C(=O)Cc2ccc(Cl)cc21. The van der Waals surface area contributed by atoms with Gasteiger partial charge in [-0.2, -0.15) is 0 Å². The van der Waals surface area contributed by atoms with E-state index in [0.29, 0.717) is 10.7 Å². The second kappa shape index (κ2) is 6.05. The molecule has 0 unspecified atom stereocenters. The lowest BCUT2D eigenvalue weighted by Crippen LogP contribution is -2.33. The smallest absolute Gasteiger partial charge is 0.313 e. The number of hydrogen-bond acceptors (Lipinski definition) is 4. The summed E-state index contributed by atoms with van der Waals surface area (Å²) >= 11 is 5.90. The lowest BCUT2D eigenvalue weighted by molar-refractivity contribution is -0.145. The molecule has 0 saturated carbocycles. The number of benzene rings is 1. The number of rotatable bonds is 5. The lowest BCUT2D eigenvalue weighted by Gasteiger charge is -2.16. The zero-order chi connectivity index (χ0) is 14.7. The van der Waals surface area contributed by atoms with Crippen LogP contribution in [0.2, 0.25) is 5.02 Å². The lowest BCUT2D eigenvalue weighted by atomic mass is 10.2. The van der Waals surface area contributed by atoms with E-state index in [4.69, 9.17) is 16.3 Å². The van der Waals surface area contributed by atoms with Gasteiger partial charge in [0.1, 0.15) is 6.42 Å². The number of ketones is 1. The Morgan fingerprint density at radius 1 is 1.40 bits per heavy atom. The molecule has 20 heavy (non-hydrogen) atoms. The van der Waals surface area contributed by atoms with Gasteiger partial charge in [0.15, 0.2) is 5.78 Å². The zero-order valence-electron chi connectivity index (χ0n) is 11.0. The standard InChI is InChI=1S/C14H14ClNO4/c1-2-20-14(19)7-11(17)8-16-12-6-10(15)4-3-9(12)5-13(16)18/h3-4,6H,2,5,7-8H2,1H3. The molecule has 0 aliphatic carbocycles. The van der Waals surface area contributed by atoms with E-state index in [0.717, 1.165) is 5.56 Å². The molecule has 1 amide bonds. The summed E-state index contributed by atoms with van der Waals surface area (Å²) < 4.78 is 4.71. The van der Waals surface area contributed by atoms with Crippen LogP contribution in [0.4, 0.5) is 5.69 Å². The summed E-state index contributed by atoms with van der Waals surface area (Å²) in [7, 11) is 0. The Morgan fingerprint density at radius 3 is 2.85 bits per heavy atom. The first kappa shape index (κ1) is 14.5. The molecule has 1 aliphatic rings. The highest BCUT2D eigenvalue weighted by Crippen LogP contribution is 2.31. The number of hydrogen-bond donors (Lipinski definition) is 0. The van der Waals surface area contributed by atoms with Gasteiger partial charge < -0.3 is 9.64 Å². The molecule has 0 aromatic heterocycles. The Hall–Kier alpha value is -1.88. The molecule has 0 N–H and O–H groups in total. The maximum absolute atomic E-state index is 11.9. The summed E-state index contributed by atoms with van der Waals surface area (Å²) in [5.74, 6) is -1.10. The minimum atomic E-state index is -0.574. The number of halogens is 1. The van der Waals surface area contributed by atoms with Gasteiger partial charge in [0, 0.05) is 10.7 Å². The third-order valence-corrected chi connectivity index (χ3v) is 3.20. The fourth-order valence-electron chi connectivity index (χ4n) is 2.11. The van der Waals surface area contributed by atoms with Crippen molar-refractivity contribution < 1.29 is 19.1 Å². The average Bonchev–Trinajstić information content (AvgIpc) is 2.66. The molecule has 1 aliphatic heterocycles. The predicted octanol–water partition coefficient (Wildman–Crippen LogP) is 1.75. The molecular formula is C14H14ClNO4. The first-order valence-electron chi connectivity index (χ1n) is 6.27. The van der Waals surface area contributed by atoms with Gasteiger partial charge in [0.05, 0.1) is 19.6 Å². The van der Waals surface area contributed by atoms with Gasteiger partial charge in [-0.15, -0.1) is 0 Å². The molecule has 0 saturated heterocycles. The number of amides is 1. The Bertz CT molecular complexity index is 570. The van der Waals surface area contributed by atoms with Crippen LogP contribution in [0.1, 0.15) is 18.9 Å². The fourth-order valence-corrected chi connectivity index (χ4v) is 2.28. The summed E-state index contributed by atoms with van der Waals surface area (Å²) in [6, 6.07) is 5.13. The van der Waals surface area contributed by atoms with Crippen LogP contribution in [-0.2, 0) is 25.5 Å². The summed E-state index contributed by atoms with van der Waals surface area (Å²) in [4.78, 5) is 36.3. The molecule has 1 aromatic carbocycles. The molecule has 0 radical (unpaired) electrons.